The summed E-state index contributed by atoms with van der Waals surface area (Å²) in [6.07, 6.45) is 0. The van der Waals surface area contributed by atoms with E-state index in [1.807, 2.05) is 0 Å². The smallest absolute Gasteiger partial charge is 0.123 e. The van der Waals surface area contributed by atoms with E-state index in [1.54, 1.807) is 0 Å². The molecule has 4 aromatic carbocycles. The molecule has 38 heavy (non-hydrogen) atoms. The van der Waals surface area contributed by atoms with E-state index in [0.717, 1.165) is 11.1 Å². The minimum Gasteiger partial charge on any atom is -0.507 e. The quantitative estimate of drug-likeness (QED) is 0.265. The van der Waals surface area contributed by atoms with E-state index in [-0.39, 0.29) is 16.7 Å². The van der Waals surface area contributed by atoms with Crippen molar-refractivity contribution in [2.75, 3.05) is 0 Å². The molecule has 0 aliphatic heterocycles. The van der Waals surface area contributed by atoms with Gasteiger partial charge in [0.2, 0.25) is 0 Å². The van der Waals surface area contributed by atoms with Gasteiger partial charge in [0, 0.05) is 21.8 Å². The third kappa shape index (κ3) is 4.92. The fourth-order valence-corrected chi connectivity index (χ4v) is 5.81. The highest BCUT2D eigenvalue weighted by Crippen LogP contribution is 2.46. The molecule has 4 aromatic rings. The zero-order valence-electron chi connectivity index (χ0n) is 24.7. The van der Waals surface area contributed by atoms with E-state index < -0.39 is 5.41 Å². The Morgan fingerprint density at radius 3 is 1.50 bits per heavy atom. The van der Waals surface area contributed by atoms with Crippen LogP contribution in [0.5, 0.6) is 5.75 Å². The molecular formula is C37H44O. The van der Waals surface area contributed by atoms with Crippen molar-refractivity contribution in [2.45, 2.75) is 84.5 Å². The molecule has 0 amide bonds. The number of rotatable bonds is 7. The van der Waals surface area contributed by atoms with Crippen LogP contribution in [0.2, 0.25) is 0 Å². The van der Waals surface area contributed by atoms with E-state index in [1.165, 1.54) is 33.4 Å². The molecule has 0 aliphatic rings. The van der Waals surface area contributed by atoms with Crippen molar-refractivity contribution in [2.24, 2.45) is 0 Å². The molecule has 1 nitrogen and oxygen atoms in total. The number of phenols is 1. The average molecular weight is 505 g/mol. The molecule has 1 N–H and O–H groups in total. The van der Waals surface area contributed by atoms with E-state index in [9.17, 15) is 5.11 Å². The molecule has 0 unspecified atom stereocenters. The fraction of sp³-hybridized carbons (Fsp3) is 0.351. The summed E-state index contributed by atoms with van der Waals surface area (Å²) in [5, 5.41) is 11.7. The maximum atomic E-state index is 11.7. The Balaban J connectivity index is 1.91. The molecule has 0 atom stereocenters. The number of aromatic hydroxyl groups is 1. The Morgan fingerprint density at radius 1 is 0.526 bits per heavy atom. The fourth-order valence-electron chi connectivity index (χ4n) is 5.81. The molecule has 0 spiro atoms. The van der Waals surface area contributed by atoms with Gasteiger partial charge in [-0.25, -0.2) is 0 Å². The Bertz CT molecular complexity index is 1410. The summed E-state index contributed by atoms with van der Waals surface area (Å²) < 4.78 is 0. The number of aryl methyl sites for hydroxylation is 1. The summed E-state index contributed by atoms with van der Waals surface area (Å²) in [5.41, 5.74) is 8.82. The van der Waals surface area contributed by atoms with E-state index in [2.05, 4.69) is 153 Å². The van der Waals surface area contributed by atoms with Gasteiger partial charge in [0.15, 0.2) is 0 Å². The SMILES string of the molecule is Cc1ccc(C(C)(C)c2ccccc2)cc1C(C)(C)c1cc(C(C)(C)c2ccccc2)cc(C(C)C)c1O. The molecule has 0 heterocycles. The van der Waals surface area contributed by atoms with Gasteiger partial charge in [-0.05, 0) is 51.8 Å². The van der Waals surface area contributed by atoms with Gasteiger partial charge in [-0.2, -0.15) is 0 Å². The minimum absolute atomic E-state index is 0.137. The lowest BCUT2D eigenvalue weighted by molar-refractivity contribution is 0.441. The van der Waals surface area contributed by atoms with Crippen molar-refractivity contribution in [1.29, 1.82) is 0 Å². The molecule has 0 aliphatic carbocycles. The maximum Gasteiger partial charge on any atom is 0.123 e. The van der Waals surface area contributed by atoms with Gasteiger partial charge >= 0.3 is 0 Å². The van der Waals surface area contributed by atoms with Gasteiger partial charge in [-0.3, -0.25) is 0 Å². The van der Waals surface area contributed by atoms with Crippen LogP contribution in [0.3, 0.4) is 0 Å². The van der Waals surface area contributed by atoms with Gasteiger partial charge in [0.05, 0.1) is 0 Å². The molecule has 0 saturated carbocycles. The third-order valence-corrected chi connectivity index (χ3v) is 8.78. The Hall–Kier alpha value is -3.32. The van der Waals surface area contributed by atoms with Crippen LogP contribution in [0.15, 0.2) is 91.0 Å². The molecule has 198 valence electrons. The maximum absolute atomic E-state index is 11.7. The van der Waals surface area contributed by atoms with Crippen LogP contribution in [0.4, 0.5) is 0 Å². The molecular weight excluding hydrogens is 460 g/mol. The summed E-state index contributed by atoms with van der Waals surface area (Å²) in [5.74, 6) is 0.630. The molecule has 1 heteroatoms. The van der Waals surface area contributed by atoms with Gasteiger partial charge in [0.1, 0.15) is 5.75 Å². The van der Waals surface area contributed by atoms with Crippen molar-refractivity contribution in [1.82, 2.24) is 0 Å². The molecule has 4 rings (SSSR count). The number of hydrogen-bond donors (Lipinski definition) is 1. The predicted molar refractivity (Wildman–Crippen MR) is 163 cm³/mol. The lowest BCUT2D eigenvalue weighted by atomic mass is 9.69. The highest BCUT2D eigenvalue weighted by atomic mass is 16.3. The summed E-state index contributed by atoms with van der Waals surface area (Å²) >= 11 is 0. The summed E-state index contributed by atoms with van der Waals surface area (Å²) in [4.78, 5) is 0. The zero-order valence-corrected chi connectivity index (χ0v) is 24.7. The van der Waals surface area contributed by atoms with Crippen LogP contribution in [0, 0.1) is 6.92 Å². The second-order valence-corrected chi connectivity index (χ2v) is 12.8. The molecule has 0 bridgehead atoms. The van der Waals surface area contributed by atoms with Gasteiger partial charge in [-0.1, -0.05) is 146 Å². The second-order valence-electron chi connectivity index (χ2n) is 12.8. The first-order valence-electron chi connectivity index (χ1n) is 13.9. The number of benzene rings is 4. The van der Waals surface area contributed by atoms with Crippen molar-refractivity contribution < 1.29 is 5.11 Å². The van der Waals surface area contributed by atoms with E-state index in [4.69, 9.17) is 0 Å². The van der Waals surface area contributed by atoms with Crippen molar-refractivity contribution in [3.8, 4) is 5.75 Å². The van der Waals surface area contributed by atoms with Crippen LogP contribution in [-0.4, -0.2) is 5.11 Å². The van der Waals surface area contributed by atoms with Crippen LogP contribution in [-0.2, 0) is 16.2 Å². The van der Waals surface area contributed by atoms with Crippen LogP contribution in [0.1, 0.15) is 106 Å². The monoisotopic (exact) mass is 504 g/mol. The normalized spacial score (nSPS) is 12.7. The van der Waals surface area contributed by atoms with Crippen LogP contribution in [0.25, 0.3) is 0 Å². The highest BCUT2D eigenvalue weighted by Gasteiger charge is 2.34. The standard InChI is InChI=1S/C37H44O/c1-25(2)31-22-30(36(6,7)28-18-14-11-15-19-28)24-33(34(31)38)37(8,9)32-23-29(21-20-26(32)3)35(4,5)27-16-12-10-13-17-27/h10-25,38H,1-9H3. The van der Waals surface area contributed by atoms with E-state index >= 15 is 0 Å². The average Bonchev–Trinajstić information content (AvgIpc) is 2.89. The molecule has 0 radical (unpaired) electrons. The van der Waals surface area contributed by atoms with Gasteiger partial charge in [0.25, 0.3) is 0 Å². The predicted octanol–water partition coefficient (Wildman–Crippen LogP) is 9.80. The Kier molecular flexibility index (Phi) is 7.36. The molecule has 0 aromatic heterocycles. The minimum atomic E-state index is -0.399. The van der Waals surface area contributed by atoms with Crippen molar-refractivity contribution in [3.05, 3.63) is 136 Å². The van der Waals surface area contributed by atoms with Crippen molar-refractivity contribution >= 4 is 0 Å². The first-order valence-corrected chi connectivity index (χ1v) is 13.9. The summed E-state index contributed by atoms with van der Waals surface area (Å²) in [6, 6.07) is 32.7. The molecule has 0 fully saturated rings. The lowest BCUT2D eigenvalue weighted by Gasteiger charge is -2.35. The topological polar surface area (TPSA) is 20.2 Å². The largest absolute Gasteiger partial charge is 0.507 e. The first kappa shape index (κ1) is 27.7. The van der Waals surface area contributed by atoms with Crippen molar-refractivity contribution in [3.63, 3.8) is 0 Å². The van der Waals surface area contributed by atoms with Crippen LogP contribution >= 0.6 is 0 Å². The lowest BCUT2D eigenvalue weighted by Crippen LogP contribution is -2.26. The molecule has 0 saturated heterocycles. The van der Waals surface area contributed by atoms with Gasteiger partial charge < -0.3 is 5.11 Å². The number of hydrogen-bond acceptors (Lipinski definition) is 1. The second kappa shape index (κ2) is 10.1. The Labute approximate surface area is 230 Å². The Morgan fingerprint density at radius 2 is 1.00 bits per heavy atom. The summed E-state index contributed by atoms with van der Waals surface area (Å²) in [6.45, 7) is 20.2. The third-order valence-electron chi connectivity index (χ3n) is 8.78. The first-order chi connectivity index (χ1) is 17.8. The van der Waals surface area contributed by atoms with Gasteiger partial charge in [-0.15, -0.1) is 0 Å². The zero-order chi connectivity index (χ0) is 27.9. The highest BCUT2D eigenvalue weighted by molar-refractivity contribution is 5.57. The summed E-state index contributed by atoms with van der Waals surface area (Å²) in [7, 11) is 0. The number of phenolic OH excluding ortho intramolecular Hbond substituents is 1. The van der Waals surface area contributed by atoms with E-state index in [0.29, 0.717) is 5.75 Å². The van der Waals surface area contributed by atoms with Crippen LogP contribution < -0.4 is 0 Å².